The lowest BCUT2D eigenvalue weighted by Crippen LogP contribution is -1.99. The zero-order valence-corrected chi connectivity index (χ0v) is 10.5. The predicted molar refractivity (Wildman–Crippen MR) is 68.7 cm³/mol. The van der Waals surface area contributed by atoms with E-state index in [1.165, 1.54) is 6.08 Å². The molecule has 18 heavy (non-hydrogen) atoms. The molecule has 0 saturated heterocycles. The van der Waals surface area contributed by atoms with E-state index in [9.17, 15) is 9.59 Å². The molecule has 0 spiro atoms. The summed E-state index contributed by atoms with van der Waals surface area (Å²) in [6.07, 6.45) is 3.65. The molecule has 4 heteroatoms. The average molecular weight is 248 g/mol. The Morgan fingerprint density at radius 2 is 2.06 bits per heavy atom. The van der Waals surface area contributed by atoms with Gasteiger partial charge in [0, 0.05) is 6.08 Å². The SMILES string of the molecule is CCOC(=O)C=Cc1ccc(OCC)c(C=O)c1. The Morgan fingerprint density at radius 1 is 1.28 bits per heavy atom. The lowest BCUT2D eigenvalue weighted by molar-refractivity contribution is -0.137. The van der Waals surface area contributed by atoms with Gasteiger partial charge < -0.3 is 9.47 Å². The molecule has 0 aliphatic rings. The summed E-state index contributed by atoms with van der Waals surface area (Å²) in [7, 11) is 0. The maximum atomic E-state index is 11.1. The summed E-state index contributed by atoms with van der Waals surface area (Å²) >= 11 is 0. The van der Waals surface area contributed by atoms with Crippen LogP contribution in [0.4, 0.5) is 0 Å². The number of hydrogen-bond acceptors (Lipinski definition) is 4. The van der Waals surface area contributed by atoms with E-state index in [1.807, 2.05) is 6.92 Å². The maximum absolute atomic E-state index is 11.1. The Bertz CT molecular complexity index is 449. The fraction of sp³-hybridized carbons (Fsp3) is 0.286. The zero-order valence-electron chi connectivity index (χ0n) is 10.5. The van der Waals surface area contributed by atoms with Gasteiger partial charge in [0.1, 0.15) is 5.75 Å². The fourth-order valence-electron chi connectivity index (χ4n) is 1.40. The van der Waals surface area contributed by atoms with Crippen molar-refractivity contribution in [3.63, 3.8) is 0 Å². The van der Waals surface area contributed by atoms with Gasteiger partial charge in [0.2, 0.25) is 0 Å². The van der Waals surface area contributed by atoms with Gasteiger partial charge in [-0.2, -0.15) is 0 Å². The van der Waals surface area contributed by atoms with Crippen LogP contribution >= 0.6 is 0 Å². The minimum absolute atomic E-state index is 0.339. The Labute approximate surface area is 106 Å². The molecule has 0 atom stereocenters. The van der Waals surface area contributed by atoms with Crippen molar-refractivity contribution in [2.24, 2.45) is 0 Å². The number of ether oxygens (including phenoxy) is 2. The van der Waals surface area contributed by atoms with E-state index in [2.05, 4.69) is 0 Å². The van der Waals surface area contributed by atoms with Crippen molar-refractivity contribution in [1.82, 2.24) is 0 Å². The molecule has 1 rings (SSSR count). The van der Waals surface area contributed by atoms with Gasteiger partial charge in [-0.1, -0.05) is 6.07 Å². The summed E-state index contributed by atoms with van der Waals surface area (Å²) < 4.78 is 10.1. The maximum Gasteiger partial charge on any atom is 0.330 e. The van der Waals surface area contributed by atoms with Crippen LogP contribution in [0.3, 0.4) is 0 Å². The molecule has 96 valence electrons. The molecular formula is C14H16O4. The molecular weight excluding hydrogens is 232 g/mol. The smallest absolute Gasteiger partial charge is 0.330 e. The third-order valence-electron chi connectivity index (χ3n) is 2.16. The summed E-state index contributed by atoms with van der Waals surface area (Å²) in [5.74, 6) is 0.139. The molecule has 1 aromatic rings. The second-order valence-electron chi connectivity index (χ2n) is 3.43. The molecule has 0 aliphatic heterocycles. The molecule has 0 N–H and O–H groups in total. The van der Waals surface area contributed by atoms with Crippen LogP contribution < -0.4 is 4.74 Å². The number of esters is 1. The van der Waals surface area contributed by atoms with Crippen LogP contribution in [0.1, 0.15) is 29.8 Å². The molecule has 1 aromatic carbocycles. The van der Waals surface area contributed by atoms with E-state index in [0.29, 0.717) is 24.5 Å². The van der Waals surface area contributed by atoms with E-state index in [-0.39, 0.29) is 0 Å². The molecule has 0 unspecified atom stereocenters. The number of carbonyl (C=O) groups excluding carboxylic acids is 2. The second-order valence-corrected chi connectivity index (χ2v) is 3.43. The van der Waals surface area contributed by atoms with Gasteiger partial charge in [0.05, 0.1) is 18.8 Å². The number of benzene rings is 1. The first-order chi connectivity index (χ1) is 8.71. The second kappa shape index (κ2) is 7.27. The van der Waals surface area contributed by atoms with Gasteiger partial charge in [0.25, 0.3) is 0 Å². The quantitative estimate of drug-likeness (QED) is 0.441. The standard InChI is InChI=1S/C14H16O4/c1-3-17-13-7-5-11(9-12(13)10-15)6-8-14(16)18-4-2/h5-10H,3-4H2,1-2H3. The fourth-order valence-corrected chi connectivity index (χ4v) is 1.40. The predicted octanol–water partition coefficient (Wildman–Crippen LogP) is 2.47. The largest absolute Gasteiger partial charge is 0.493 e. The Morgan fingerprint density at radius 3 is 2.67 bits per heavy atom. The highest BCUT2D eigenvalue weighted by molar-refractivity contribution is 5.88. The van der Waals surface area contributed by atoms with Crippen LogP contribution in [-0.2, 0) is 9.53 Å². The van der Waals surface area contributed by atoms with Crippen molar-refractivity contribution in [3.8, 4) is 5.75 Å². The van der Waals surface area contributed by atoms with Gasteiger partial charge >= 0.3 is 5.97 Å². The monoisotopic (exact) mass is 248 g/mol. The normalized spacial score (nSPS) is 10.3. The first-order valence-corrected chi connectivity index (χ1v) is 5.78. The summed E-state index contributed by atoms with van der Waals surface area (Å²) in [6, 6.07) is 5.14. The summed E-state index contributed by atoms with van der Waals surface area (Å²) in [5.41, 5.74) is 1.21. The molecule has 4 nitrogen and oxygen atoms in total. The lowest BCUT2D eigenvalue weighted by Gasteiger charge is -2.06. The lowest BCUT2D eigenvalue weighted by atomic mass is 10.1. The Balaban J connectivity index is 2.85. The molecule has 0 saturated carbocycles. The molecule has 0 bridgehead atoms. The molecule has 0 aromatic heterocycles. The van der Waals surface area contributed by atoms with E-state index >= 15 is 0 Å². The molecule has 0 heterocycles. The van der Waals surface area contributed by atoms with Crippen molar-refractivity contribution in [3.05, 3.63) is 35.4 Å². The van der Waals surface area contributed by atoms with Gasteiger partial charge in [-0.05, 0) is 37.6 Å². The van der Waals surface area contributed by atoms with E-state index in [1.54, 1.807) is 31.2 Å². The summed E-state index contributed by atoms with van der Waals surface area (Å²) in [6.45, 7) is 4.43. The number of hydrogen-bond donors (Lipinski definition) is 0. The molecule has 0 fully saturated rings. The first kappa shape index (κ1) is 14.0. The zero-order chi connectivity index (χ0) is 13.4. The van der Waals surface area contributed by atoms with Gasteiger partial charge in [-0.25, -0.2) is 4.79 Å². The van der Waals surface area contributed by atoms with Gasteiger partial charge in [-0.15, -0.1) is 0 Å². The minimum Gasteiger partial charge on any atom is -0.493 e. The average Bonchev–Trinajstić information content (AvgIpc) is 2.38. The van der Waals surface area contributed by atoms with Crippen molar-refractivity contribution in [2.75, 3.05) is 13.2 Å². The van der Waals surface area contributed by atoms with E-state index < -0.39 is 5.97 Å². The number of rotatable bonds is 6. The Kier molecular flexibility index (Phi) is 5.64. The van der Waals surface area contributed by atoms with Crippen molar-refractivity contribution in [1.29, 1.82) is 0 Å². The van der Waals surface area contributed by atoms with Gasteiger partial charge in [-0.3, -0.25) is 4.79 Å². The van der Waals surface area contributed by atoms with E-state index in [4.69, 9.17) is 9.47 Å². The van der Waals surface area contributed by atoms with E-state index in [0.717, 1.165) is 11.8 Å². The van der Waals surface area contributed by atoms with Crippen LogP contribution in [0.2, 0.25) is 0 Å². The molecule has 0 radical (unpaired) electrons. The summed E-state index contributed by atoms with van der Waals surface area (Å²) in [4.78, 5) is 22.0. The van der Waals surface area contributed by atoms with Crippen LogP contribution in [0.5, 0.6) is 5.75 Å². The highest BCUT2D eigenvalue weighted by Crippen LogP contribution is 2.19. The topological polar surface area (TPSA) is 52.6 Å². The van der Waals surface area contributed by atoms with Crippen LogP contribution in [-0.4, -0.2) is 25.5 Å². The summed E-state index contributed by atoms with van der Waals surface area (Å²) in [5, 5.41) is 0. The number of carbonyl (C=O) groups is 2. The molecule has 0 aliphatic carbocycles. The number of aldehydes is 1. The van der Waals surface area contributed by atoms with Crippen molar-refractivity contribution in [2.45, 2.75) is 13.8 Å². The first-order valence-electron chi connectivity index (χ1n) is 5.78. The minimum atomic E-state index is -0.404. The third-order valence-corrected chi connectivity index (χ3v) is 2.16. The van der Waals surface area contributed by atoms with Crippen LogP contribution in [0, 0.1) is 0 Å². The third kappa shape index (κ3) is 4.05. The highest BCUT2D eigenvalue weighted by Gasteiger charge is 2.03. The van der Waals surface area contributed by atoms with Crippen LogP contribution in [0.25, 0.3) is 6.08 Å². The van der Waals surface area contributed by atoms with Crippen LogP contribution in [0.15, 0.2) is 24.3 Å². The Hall–Kier alpha value is -2.10. The molecule has 0 amide bonds. The van der Waals surface area contributed by atoms with Gasteiger partial charge in [0.15, 0.2) is 6.29 Å². The van der Waals surface area contributed by atoms with Crippen molar-refractivity contribution >= 4 is 18.3 Å². The van der Waals surface area contributed by atoms with Crippen molar-refractivity contribution < 1.29 is 19.1 Å². The highest BCUT2D eigenvalue weighted by atomic mass is 16.5.